The lowest BCUT2D eigenvalue weighted by atomic mass is 9.59. The highest BCUT2D eigenvalue weighted by atomic mass is 16.5. The van der Waals surface area contributed by atoms with Crippen molar-refractivity contribution in [3.63, 3.8) is 0 Å². The van der Waals surface area contributed by atoms with Gasteiger partial charge in [-0.2, -0.15) is 0 Å². The van der Waals surface area contributed by atoms with Crippen LogP contribution in [0.25, 0.3) is 11.1 Å². The zero-order valence-electron chi connectivity index (χ0n) is 31.5. The molecule has 0 atom stereocenters. The maximum Gasteiger partial charge on any atom is 0.357 e. The van der Waals surface area contributed by atoms with Crippen molar-refractivity contribution in [2.45, 2.75) is 57.5 Å². The van der Waals surface area contributed by atoms with Gasteiger partial charge in [0.05, 0.1) is 12.0 Å². The molecule has 0 saturated carbocycles. The van der Waals surface area contributed by atoms with Gasteiger partial charge in [0.25, 0.3) is 0 Å². The molecule has 7 rings (SSSR count). The van der Waals surface area contributed by atoms with Crippen LogP contribution < -0.4 is 0 Å². The summed E-state index contributed by atoms with van der Waals surface area (Å²) in [6, 6.07) is 47.3. The van der Waals surface area contributed by atoms with Gasteiger partial charge in [-0.1, -0.05) is 140 Å². The molecule has 55 heavy (non-hydrogen) atoms. The molecule has 0 aliphatic carbocycles. The molecule has 278 valence electrons. The minimum Gasteiger partial charge on any atom is -0.461 e. The average molecular weight is 733 g/mol. The highest BCUT2D eigenvalue weighted by molar-refractivity contribution is 5.89. The van der Waals surface area contributed by atoms with Crippen LogP contribution in [0.1, 0.15) is 77.5 Å². The van der Waals surface area contributed by atoms with E-state index in [0.717, 1.165) is 38.9 Å². The Hall–Kier alpha value is -6.10. The molecule has 1 aliphatic rings. The number of nitrogens with zero attached hydrogens (tertiary/aromatic N) is 6. The Morgan fingerprint density at radius 3 is 1.75 bits per heavy atom. The van der Waals surface area contributed by atoms with Crippen LogP contribution in [0, 0.1) is 0 Å². The predicted octanol–water partition coefficient (Wildman–Crippen LogP) is 9.56. The number of hydrogen-bond acceptors (Lipinski definition) is 9. The van der Waals surface area contributed by atoms with E-state index in [1.807, 2.05) is 85.8 Å². The van der Waals surface area contributed by atoms with Crippen molar-refractivity contribution in [1.82, 2.24) is 9.55 Å². The number of aliphatic hydroxyl groups is 1. The molecule has 0 bridgehead atoms. The summed E-state index contributed by atoms with van der Waals surface area (Å²) in [4.78, 5) is 18.1. The van der Waals surface area contributed by atoms with Gasteiger partial charge in [-0.25, -0.2) is 9.78 Å². The summed E-state index contributed by atoms with van der Waals surface area (Å²) >= 11 is 0. The molecule has 0 fully saturated rings. The minimum atomic E-state index is -1.39. The first-order valence-electron chi connectivity index (χ1n) is 18.5. The van der Waals surface area contributed by atoms with Crippen LogP contribution in [0.4, 0.5) is 0 Å². The Labute approximate surface area is 321 Å². The second-order valence-electron chi connectivity index (χ2n) is 13.9. The van der Waals surface area contributed by atoms with Gasteiger partial charge in [0.2, 0.25) is 5.66 Å². The fraction of sp³-hybridized carbons (Fsp3) is 0.244. The molecular formula is C45H44N6O4. The standard InChI is InChI=1S/C45H44N6O4/c1-5-54-31-39-46-41(43(3,4)53)40(42(52)55-6-2)51(39)30-32-26-28-33(29-27-32)37-24-16-17-25-38(37)45(47-49-50-48-45)44(34-18-10-7-11-19-34,35-20-12-8-13-21-35)36-22-14-9-15-23-36/h7-29,53H,5-6,30-31H2,1-4H3. The number of rotatable bonds is 14. The van der Waals surface area contributed by atoms with Crippen LogP contribution in [-0.4, -0.2) is 33.8 Å². The lowest BCUT2D eigenvalue weighted by molar-refractivity contribution is 0.0469. The topological polar surface area (TPSA) is 123 Å². The molecule has 0 spiro atoms. The maximum atomic E-state index is 13.4. The predicted molar refractivity (Wildman–Crippen MR) is 210 cm³/mol. The smallest absolute Gasteiger partial charge is 0.357 e. The number of hydrogen-bond donors (Lipinski definition) is 1. The molecule has 1 aliphatic heterocycles. The van der Waals surface area contributed by atoms with Crippen molar-refractivity contribution >= 4 is 5.97 Å². The molecule has 6 aromatic rings. The van der Waals surface area contributed by atoms with E-state index in [4.69, 9.17) is 24.7 Å². The summed E-state index contributed by atoms with van der Waals surface area (Å²) in [5.74, 6) is -0.0289. The second kappa shape index (κ2) is 15.7. The first-order chi connectivity index (χ1) is 26.7. The van der Waals surface area contributed by atoms with Crippen LogP contribution in [0.3, 0.4) is 0 Å². The van der Waals surface area contributed by atoms with E-state index in [0.29, 0.717) is 19.0 Å². The molecule has 10 heteroatoms. The number of aromatic nitrogens is 2. The SMILES string of the molecule is CCOCc1nc(C(C)(C)O)c(C(=O)OCC)n1Cc1ccc(-c2ccccc2C2(C(c3ccccc3)(c3ccccc3)c3ccccc3)N=NN=N2)cc1. The zero-order chi connectivity index (χ0) is 38.5. The van der Waals surface area contributed by atoms with E-state index < -0.39 is 22.6 Å². The number of benzene rings is 5. The van der Waals surface area contributed by atoms with E-state index in [1.54, 1.807) is 25.3 Å². The highest BCUT2D eigenvalue weighted by Gasteiger charge is 2.60. The summed E-state index contributed by atoms with van der Waals surface area (Å²) in [5.41, 5.74) is 3.31. The molecule has 5 aromatic carbocycles. The molecule has 10 nitrogen and oxygen atoms in total. The largest absolute Gasteiger partial charge is 0.461 e. The minimum absolute atomic E-state index is 0.168. The van der Waals surface area contributed by atoms with Crippen LogP contribution in [0.15, 0.2) is 160 Å². The van der Waals surface area contributed by atoms with Crippen molar-refractivity contribution in [2.24, 2.45) is 20.7 Å². The lowest BCUT2D eigenvalue weighted by Crippen LogP contribution is -2.48. The summed E-state index contributed by atoms with van der Waals surface area (Å²) in [6.07, 6.45) is 0. The van der Waals surface area contributed by atoms with Crippen molar-refractivity contribution < 1.29 is 19.4 Å². The van der Waals surface area contributed by atoms with Gasteiger partial charge in [0, 0.05) is 18.7 Å². The van der Waals surface area contributed by atoms with Gasteiger partial charge in [-0.3, -0.25) is 0 Å². The summed E-state index contributed by atoms with van der Waals surface area (Å²) in [6.45, 7) is 7.99. The fourth-order valence-electron chi connectivity index (χ4n) is 7.63. The van der Waals surface area contributed by atoms with Crippen molar-refractivity contribution in [2.75, 3.05) is 13.2 Å². The third kappa shape index (κ3) is 6.79. The van der Waals surface area contributed by atoms with Gasteiger partial charge in [0.1, 0.15) is 23.7 Å². The first kappa shape index (κ1) is 37.2. The Morgan fingerprint density at radius 2 is 1.24 bits per heavy atom. The fourth-order valence-corrected chi connectivity index (χ4v) is 7.63. The van der Waals surface area contributed by atoms with Crippen LogP contribution in [-0.2, 0) is 39.3 Å². The first-order valence-corrected chi connectivity index (χ1v) is 18.5. The normalized spacial score (nSPS) is 13.6. The molecule has 0 saturated heterocycles. The lowest BCUT2D eigenvalue weighted by Gasteiger charge is -2.45. The van der Waals surface area contributed by atoms with Gasteiger partial charge in [-0.05, 0) is 71.5 Å². The van der Waals surface area contributed by atoms with E-state index in [2.05, 4.69) is 71.1 Å². The molecule has 1 N–H and O–H groups in total. The van der Waals surface area contributed by atoms with E-state index >= 15 is 0 Å². The zero-order valence-corrected chi connectivity index (χ0v) is 31.5. The highest BCUT2D eigenvalue weighted by Crippen LogP contribution is 2.58. The molecule has 0 unspecified atom stereocenters. The maximum absolute atomic E-state index is 13.4. The number of carbonyl (C=O) groups is 1. The van der Waals surface area contributed by atoms with Gasteiger partial charge in [0.15, 0.2) is 5.69 Å². The van der Waals surface area contributed by atoms with Crippen LogP contribution in [0.5, 0.6) is 0 Å². The molecule has 0 amide bonds. The Balaban J connectivity index is 1.38. The van der Waals surface area contributed by atoms with Gasteiger partial charge in [-0.15, -0.1) is 10.2 Å². The second-order valence-corrected chi connectivity index (χ2v) is 13.9. The third-order valence-electron chi connectivity index (χ3n) is 10.0. The van der Waals surface area contributed by atoms with E-state index in [9.17, 15) is 9.90 Å². The molecule has 0 radical (unpaired) electrons. The number of ether oxygens (including phenoxy) is 2. The van der Waals surface area contributed by atoms with Crippen molar-refractivity contribution in [1.29, 1.82) is 0 Å². The quantitative estimate of drug-likeness (QED) is 0.0883. The average Bonchev–Trinajstić information content (AvgIpc) is 3.86. The molecular weight excluding hydrogens is 689 g/mol. The van der Waals surface area contributed by atoms with Gasteiger partial charge >= 0.3 is 5.97 Å². The summed E-state index contributed by atoms with van der Waals surface area (Å²) in [5, 5.41) is 29.5. The summed E-state index contributed by atoms with van der Waals surface area (Å²) < 4.78 is 13.0. The number of imidazole rings is 1. The Kier molecular flexibility index (Phi) is 10.6. The summed E-state index contributed by atoms with van der Waals surface area (Å²) in [7, 11) is 0. The molecule has 2 heterocycles. The van der Waals surface area contributed by atoms with Crippen molar-refractivity contribution in [3.8, 4) is 11.1 Å². The Bertz CT molecular complexity index is 2190. The van der Waals surface area contributed by atoms with E-state index in [-0.39, 0.29) is 24.6 Å². The monoisotopic (exact) mass is 732 g/mol. The Morgan fingerprint density at radius 1 is 0.709 bits per heavy atom. The van der Waals surface area contributed by atoms with Gasteiger partial charge < -0.3 is 19.1 Å². The third-order valence-corrected chi connectivity index (χ3v) is 10.0. The van der Waals surface area contributed by atoms with E-state index in [1.165, 1.54) is 0 Å². The van der Waals surface area contributed by atoms with Crippen LogP contribution >= 0.6 is 0 Å². The van der Waals surface area contributed by atoms with Crippen LogP contribution in [0.2, 0.25) is 0 Å². The molecule has 1 aromatic heterocycles. The number of carbonyl (C=O) groups excluding carboxylic acids is 1. The number of esters is 1. The van der Waals surface area contributed by atoms with Crippen molar-refractivity contribution in [3.05, 3.63) is 185 Å².